The van der Waals surface area contributed by atoms with Gasteiger partial charge in [0, 0.05) is 18.4 Å². The summed E-state index contributed by atoms with van der Waals surface area (Å²) in [5.74, 6) is 1.45. The Bertz CT molecular complexity index is 786. The van der Waals surface area contributed by atoms with Gasteiger partial charge in [0.25, 0.3) is 0 Å². The van der Waals surface area contributed by atoms with Crippen LogP contribution in [0.2, 0.25) is 5.28 Å². The van der Waals surface area contributed by atoms with Gasteiger partial charge in [-0.25, -0.2) is 9.50 Å². The maximum absolute atomic E-state index is 5.97. The second-order valence-corrected chi connectivity index (χ2v) is 6.03. The van der Waals surface area contributed by atoms with Crippen LogP contribution in [0.15, 0.2) is 30.9 Å². The molecule has 1 fully saturated rings. The Morgan fingerprint density at radius 3 is 2.95 bits per heavy atom. The fourth-order valence-electron chi connectivity index (χ4n) is 3.10. The van der Waals surface area contributed by atoms with Crippen LogP contribution in [-0.4, -0.2) is 24.1 Å². The van der Waals surface area contributed by atoms with Crippen molar-refractivity contribution in [3.8, 4) is 0 Å². The van der Waals surface area contributed by atoms with Gasteiger partial charge in [-0.1, -0.05) is 19.3 Å². The summed E-state index contributed by atoms with van der Waals surface area (Å²) in [6, 6.07) is 4.42. The Kier molecular flexibility index (Phi) is 3.46. The molecule has 0 spiro atoms. The van der Waals surface area contributed by atoms with E-state index in [1.54, 1.807) is 4.52 Å². The van der Waals surface area contributed by atoms with Crippen LogP contribution in [0.4, 0.5) is 11.6 Å². The summed E-state index contributed by atoms with van der Waals surface area (Å²) in [5.41, 5.74) is 0.872. The maximum atomic E-state index is 5.97. The number of halogens is 1. The van der Waals surface area contributed by atoms with Gasteiger partial charge in [-0.05, 0) is 36.6 Å². The van der Waals surface area contributed by atoms with Gasteiger partial charge in [0.2, 0.25) is 5.28 Å². The molecule has 3 aromatic heterocycles. The molecular formula is C15H17ClN6. The summed E-state index contributed by atoms with van der Waals surface area (Å²) in [5, 5.41) is 7.57. The fourth-order valence-corrected chi connectivity index (χ4v) is 3.27. The van der Waals surface area contributed by atoms with Crippen LogP contribution in [-0.2, 0) is 0 Å². The third kappa shape index (κ3) is 2.54. The number of aromatic nitrogens is 5. The number of fused-ring (bicyclic) bond motifs is 1. The fraction of sp³-hybridized carbons (Fsp3) is 0.400. The average molecular weight is 317 g/mol. The molecule has 4 rings (SSSR count). The molecule has 3 aromatic rings. The van der Waals surface area contributed by atoms with Gasteiger partial charge in [0.05, 0.1) is 6.33 Å². The number of nitrogens with one attached hydrogen (secondary N) is 1. The van der Waals surface area contributed by atoms with Crippen molar-refractivity contribution in [3.05, 3.63) is 36.1 Å². The van der Waals surface area contributed by atoms with Crippen molar-refractivity contribution < 1.29 is 0 Å². The highest BCUT2D eigenvalue weighted by Crippen LogP contribution is 2.29. The van der Waals surface area contributed by atoms with Crippen molar-refractivity contribution in [2.24, 2.45) is 0 Å². The minimum absolute atomic E-state index is 0.206. The molecule has 1 aliphatic rings. The van der Waals surface area contributed by atoms with Crippen molar-refractivity contribution in [1.29, 1.82) is 0 Å². The standard InChI is InChI=1S/C15H17ClN6/c16-15-19-14(12-7-4-8-22(12)20-15)18-13-9-21(10-17-13)11-5-2-1-3-6-11/h4,7-11H,1-3,5-6H2,(H,18,19,20). The summed E-state index contributed by atoms with van der Waals surface area (Å²) in [6.45, 7) is 0. The zero-order valence-corrected chi connectivity index (χ0v) is 12.9. The van der Waals surface area contributed by atoms with E-state index < -0.39 is 0 Å². The number of hydrogen-bond donors (Lipinski definition) is 1. The Labute approximate surface area is 133 Å². The van der Waals surface area contributed by atoms with Crippen molar-refractivity contribution in [2.75, 3.05) is 5.32 Å². The van der Waals surface area contributed by atoms with E-state index >= 15 is 0 Å². The molecule has 3 heterocycles. The van der Waals surface area contributed by atoms with Crippen LogP contribution in [0, 0.1) is 0 Å². The molecule has 1 N–H and O–H groups in total. The number of rotatable bonds is 3. The lowest BCUT2D eigenvalue weighted by molar-refractivity contribution is 0.353. The SMILES string of the molecule is Clc1nc(Nc2cn(C3CCCCC3)cn2)c2cccn2n1. The van der Waals surface area contributed by atoms with E-state index in [0.717, 1.165) is 11.3 Å². The monoisotopic (exact) mass is 316 g/mol. The molecular weight excluding hydrogens is 300 g/mol. The molecule has 0 aromatic carbocycles. The predicted molar refractivity (Wildman–Crippen MR) is 85.6 cm³/mol. The second-order valence-electron chi connectivity index (χ2n) is 5.69. The smallest absolute Gasteiger partial charge is 0.243 e. The normalized spacial score (nSPS) is 16.2. The van der Waals surface area contributed by atoms with Gasteiger partial charge in [0.15, 0.2) is 5.82 Å². The average Bonchev–Trinajstić information content (AvgIpc) is 3.17. The van der Waals surface area contributed by atoms with Crippen LogP contribution in [0.1, 0.15) is 38.1 Å². The highest BCUT2D eigenvalue weighted by Gasteiger charge is 2.16. The van der Waals surface area contributed by atoms with Crippen LogP contribution < -0.4 is 5.32 Å². The lowest BCUT2D eigenvalue weighted by Crippen LogP contribution is -2.10. The zero-order valence-electron chi connectivity index (χ0n) is 12.1. The summed E-state index contributed by atoms with van der Waals surface area (Å²) >= 11 is 5.97. The quantitative estimate of drug-likeness (QED) is 0.797. The Balaban J connectivity index is 1.60. The van der Waals surface area contributed by atoms with E-state index in [0.29, 0.717) is 11.9 Å². The van der Waals surface area contributed by atoms with E-state index in [1.807, 2.05) is 30.9 Å². The van der Waals surface area contributed by atoms with E-state index in [2.05, 4.69) is 25.0 Å². The summed E-state index contributed by atoms with van der Waals surface area (Å²) in [4.78, 5) is 8.71. The Morgan fingerprint density at radius 1 is 1.23 bits per heavy atom. The van der Waals surface area contributed by atoms with Crippen molar-refractivity contribution in [2.45, 2.75) is 38.1 Å². The number of hydrogen-bond acceptors (Lipinski definition) is 4. The Morgan fingerprint density at radius 2 is 2.09 bits per heavy atom. The number of anilines is 2. The third-order valence-electron chi connectivity index (χ3n) is 4.21. The predicted octanol–water partition coefficient (Wildman–Crippen LogP) is 3.83. The maximum Gasteiger partial charge on any atom is 0.243 e. The first-order chi connectivity index (χ1) is 10.8. The van der Waals surface area contributed by atoms with Gasteiger partial charge >= 0.3 is 0 Å². The first-order valence-corrected chi connectivity index (χ1v) is 7.99. The second kappa shape index (κ2) is 5.61. The van der Waals surface area contributed by atoms with Crippen LogP contribution in [0.5, 0.6) is 0 Å². The molecule has 22 heavy (non-hydrogen) atoms. The third-order valence-corrected chi connectivity index (χ3v) is 4.37. The molecule has 0 bridgehead atoms. The number of nitrogens with zero attached hydrogens (tertiary/aromatic N) is 5. The zero-order chi connectivity index (χ0) is 14.9. The largest absolute Gasteiger partial charge is 0.332 e. The van der Waals surface area contributed by atoms with Gasteiger partial charge < -0.3 is 9.88 Å². The molecule has 6 nitrogen and oxygen atoms in total. The van der Waals surface area contributed by atoms with Gasteiger partial charge in [-0.3, -0.25) is 0 Å². The first kappa shape index (κ1) is 13.6. The molecule has 1 aliphatic carbocycles. The molecule has 1 saturated carbocycles. The topological polar surface area (TPSA) is 60.0 Å². The van der Waals surface area contributed by atoms with Crippen molar-refractivity contribution in [3.63, 3.8) is 0 Å². The van der Waals surface area contributed by atoms with Gasteiger partial charge in [-0.15, -0.1) is 5.10 Å². The van der Waals surface area contributed by atoms with E-state index in [1.165, 1.54) is 32.1 Å². The highest BCUT2D eigenvalue weighted by atomic mass is 35.5. The minimum Gasteiger partial charge on any atom is -0.332 e. The van der Waals surface area contributed by atoms with Gasteiger partial charge in [0.1, 0.15) is 11.3 Å². The van der Waals surface area contributed by atoms with Crippen molar-refractivity contribution in [1.82, 2.24) is 24.1 Å². The van der Waals surface area contributed by atoms with Crippen LogP contribution >= 0.6 is 11.6 Å². The molecule has 0 unspecified atom stereocenters. The van der Waals surface area contributed by atoms with E-state index in [-0.39, 0.29) is 5.28 Å². The molecule has 7 heteroatoms. The highest BCUT2D eigenvalue weighted by molar-refractivity contribution is 6.28. The molecule has 0 aliphatic heterocycles. The molecule has 0 atom stereocenters. The summed E-state index contributed by atoms with van der Waals surface area (Å²) in [6.07, 6.45) is 12.2. The lowest BCUT2D eigenvalue weighted by Gasteiger charge is -2.22. The molecule has 114 valence electrons. The van der Waals surface area contributed by atoms with Crippen molar-refractivity contribution >= 4 is 28.8 Å². The summed E-state index contributed by atoms with van der Waals surface area (Å²) < 4.78 is 3.91. The van der Waals surface area contributed by atoms with Crippen LogP contribution in [0.3, 0.4) is 0 Å². The molecule has 0 amide bonds. The Hall–Kier alpha value is -2.08. The van der Waals surface area contributed by atoms with Gasteiger partial charge in [-0.2, -0.15) is 4.98 Å². The summed E-state index contributed by atoms with van der Waals surface area (Å²) in [7, 11) is 0. The van der Waals surface area contributed by atoms with E-state index in [4.69, 9.17) is 11.6 Å². The molecule has 0 radical (unpaired) electrons. The lowest BCUT2D eigenvalue weighted by atomic mass is 9.95. The first-order valence-electron chi connectivity index (χ1n) is 7.61. The minimum atomic E-state index is 0.206. The molecule has 0 saturated heterocycles. The van der Waals surface area contributed by atoms with E-state index in [9.17, 15) is 0 Å². The number of imidazole rings is 1. The van der Waals surface area contributed by atoms with Crippen LogP contribution in [0.25, 0.3) is 5.52 Å².